The minimum atomic E-state index is -1.27. The van der Waals surface area contributed by atoms with Gasteiger partial charge >= 0.3 is 18.0 Å². The SMILES string of the molecule is CC(C)C[C@H](NC(=O)[C@H](C)NC(=O)[C@H](CCC(=O)OCc1ccccc1)NC(=O)OC(C)(C)C)C(=O)N[C@@H](C)C(=O)OCC(=O)c1ccccc1. The zero-order valence-electron chi connectivity index (χ0n) is 30.3. The number of amides is 4. The van der Waals surface area contributed by atoms with E-state index in [1.54, 1.807) is 75.4 Å². The molecule has 4 atom stereocenters. The first-order chi connectivity index (χ1) is 23.9. The highest BCUT2D eigenvalue weighted by atomic mass is 16.6. The molecule has 0 saturated heterocycles. The highest BCUT2D eigenvalue weighted by Gasteiger charge is 2.31. The lowest BCUT2D eigenvalue weighted by molar-refractivity contribution is -0.147. The molecule has 14 heteroatoms. The molecule has 0 spiro atoms. The fraction of sp³-hybridized carbons (Fsp3) is 0.486. The summed E-state index contributed by atoms with van der Waals surface area (Å²) in [5.41, 5.74) is 0.282. The summed E-state index contributed by atoms with van der Waals surface area (Å²) in [5, 5.41) is 10.1. The number of rotatable bonds is 18. The Hall–Kier alpha value is -5.27. The Bertz CT molecular complexity index is 1490. The van der Waals surface area contributed by atoms with E-state index in [0.717, 1.165) is 5.56 Å². The van der Waals surface area contributed by atoms with Crippen molar-refractivity contribution in [1.82, 2.24) is 21.3 Å². The first-order valence-electron chi connectivity index (χ1n) is 16.8. The maximum absolute atomic E-state index is 13.3. The quantitative estimate of drug-likeness (QED) is 0.101. The minimum Gasteiger partial charge on any atom is -0.461 e. The zero-order chi connectivity index (χ0) is 38.1. The molecule has 0 bridgehead atoms. The van der Waals surface area contributed by atoms with Crippen molar-refractivity contribution in [3.8, 4) is 0 Å². The molecule has 0 aliphatic rings. The van der Waals surface area contributed by atoms with Crippen LogP contribution in [0, 0.1) is 5.92 Å². The molecule has 0 aromatic heterocycles. The molecule has 278 valence electrons. The fourth-order valence-corrected chi connectivity index (χ4v) is 4.51. The van der Waals surface area contributed by atoms with E-state index in [2.05, 4.69) is 21.3 Å². The molecule has 0 aliphatic carbocycles. The summed E-state index contributed by atoms with van der Waals surface area (Å²) in [6, 6.07) is 12.6. The summed E-state index contributed by atoms with van der Waals surface area (Å²) in [5.74, 6) is -4.06. The van der Waals surface area contributed by atoms with Gasteiger partial charge in [-0.05, 0) is 58.9 Å². The minimum absolute atomic E-state index is 0.0340. The highest BCUT2D eigenvalue weighted by Crippen LogP contribution is 2.10. The van der Waals surface area contributed by atoms with Crippen LogP contribution in [0.1, 0.15) is 83.7 Å². The fourth-order valence-electron chi connectivity index (χ4n) is 4.51. The van der Waals surface area contributed by atoms with Crippen molar-refractivity contribution in [2.24, 2.45) is 5.92 Å². The predicted molar refractivity (Wildman–Crippen MR) is 187 cm³/mol. The van der Waals surface area contributed by atoms with Crippen molar-refractivity contribution >= 4 is 41.5 Å². The molecule has 0 radical (unpaired) electrons. The molecule has 4 amide bonds. The van der Waals surface area contributed by atoms with Gasteiger partial charge in [0.2, 0.25) is 17.7 Å². The second-order valence-electron chi connectivity index (χ2n) is 13.4. The molecule has 14 nitrogen and oxygen atoms in total. The van der Waals surface area contributed by atoms with Crippen molar-refractivity contribution in [1.29, 1.82) is 0 Å². The van der Waals surface area contributed by atoms with Gasteiger partial charge in [0.25, 0.3) is 0 Å². The smallest absolute Gasteiger partial charge is 0.408 e. The van der Waals surface area contributed by atoms with E-state index in [0.29, 0.717) is 5.56 Å². The summed E-state index contributed by atoms with van der Waals surface area (Å²) in [7, 11) is 0. The molecule has 0 aliphatic heterocycles. The number of carbonyl (C=O) groups is 7. The molecule has 0 fully saturated rings. The molecule has 2 aromatic rings. The number of hydrogen-bond acceptors (Lipinski definition) is 10. The molecular weight excluding hydrogens is 660 g/mol. The van der Waals surface area contributed by atoms with Crippen LogP contribution in [0.15, 0.2) is 60.7 Å². The molecule has 2 rings (SSSR count). The second kappa shape index (κ2) is 20.4. The number of ether oxygens (including phenoxy) is 3. The van der Waals surface area contributed by atoms with Crippen LogP contribution in [-0.2, 0) is 44.8 Å². The summed E-state index contributed by atoms with van der Waals surface area (Å²) in [6.45, 7) is 10.9. The van der Waals surface area contributed by atoms with E-state index < -0.39 is 77.9 Å². The van der Waals surface area contributed by atoms with Crippen molar-refractivity contribution in [3.63, 3.8) is 0 Å². The summed E-state index contributed by atoms with van der Waals surface area (Å²) < 4.78 is 15.6. The number of carbonyl (C=O) groups excluding carboxylic acids is 7. The van der Waals surface area contributed by atoms with Gasteiger partial charge in [0.05, 0.1) is 0 Å². The van der Waals surface area contributed by atoms with Crippen molar-refractivity contribution < 1.29 is 47.8 Å². The lowest BCUT2D eigenvalue weighted by atomic mass is 10.0. The molecule has 0 unspecified atom stereocenters. The van der Waals surface area contributed by atoms with E-state index >= 15 is 0 Å². The Morgan fingerprint density at radius 1 is 0.667 bits per heavy atom. The van der Waals surface area contributed by atoms with Crippen LogP contribution in [0.2, 0.25) is 0 Å². The van der Waals surface area contributed by atoms with Gasteiger partial charge in [-0.15, -0.1) is 0 Å². The van der Waals surface area contributed by atoms with Gasteiger partial charge in [-0.1, -0.05) is 74.5 Å². The average Bonchev–Trinajstić information content (AvgIpc) is 3.07. The predicted octanol–water partition coefficient (Wildman–Crippen LogP) is 3.37. The zero-order valence-corrected chi connectivity index (χ0v) is 30.3. The largest absolute Gasteiger partial charge is 0.461 e. The molecule has 0 saturated carbocycles. The Balaban J connectivity index is 2.01. The standard InChI is InChI=1S/C37H50N4O10/c1-23(2)20-29(34(46)39-25(4)35(47)50-22-30(42)27-16-12-9-13-17-27)40-32(44)24(3)38-33(45)28(41-36(48)51-37(5,6)7)18-19-31(43)49-21-26-14-10-8-11-15-26/h8-17,23-25,28-29H,18-22H2,1-7H3,(H,38,45)(H,39,46)(H,40,44)(H,41,48)/t24-,25-,28-,29-/m0/s1. The van der Waals surface area contributed by atoms with Crippen molar-refractivity contribution in [2.45, 2.75) is 104 Å². The van der Waals surface area contributed by atoms with E-state index in [-0.39, 0.29) is 31.8 Å². The van der Waals surface area contributed by atoms with E-state index in [4.69, 9.17) is 14.2 Å². The number of esters is 2. The summed E-state index contributed by atoms with van der Waals surface area (Å²) >= 11 is 0. The van der Waals surface area contributed by atoms with Crippen molar-refractivity contribution in [2.75, 3.05) is 6.61 Å². The van der Waals surface area contributed by atoms with Crippen LogP contribution in [0.3, 0.4) is 0 Å². The van der Waals surface area contributed by atoms with Gasteiger partial charge in [-0.25, -0.2) is 9.59 Å². The Morgan fingerprint density at radius 2 is 1.24 bits per heavy atom. The maximum Gasteiger partial charge on any atom is 0.408 e. The monoisotopic (exact) mass is 710 g/mol. The van der Waals surface area contributed by atoms with Crippen LogP contribution in [0.4, 0.5) is 4.79 Å². The third-order valence-electron chi connectivity index (χ3n) is 7.13. The normalized spacial score (nSPS) is 13.4. The van der Waals surface area contributed by atoms with E-state index in [9.17, 15) is 33.6 Å². The van der Waals surface area contributed by atoms with E-state index in [1.165, 1.54) is 13.8 Å². The molecule has 51 heavy (non-hydrogen) atoms. The molecule has 2 aromatic carbocycles. The first-order valence-corrected chi connectivity index (χ1v) is 16.8. The van der Waals surface area contributed by atoms with Crippen LogP contribution in [0.25, 0.3) is 0 Å². The second-order valence-corrected chi connectivity index (χ2v) is 13.4. The Kier molecular flexibility index (Phi) is 16.8. The molecule has 4 N–H and O–H groups in total. The van der Waals surface area contributed by atoms with Crippen LogP contribution < -0.4 is 21.3 Å². The number of Topliss-reactive ketones (excluding diaryl/α,β-unsaturated/α-hetero) is 1. The van der Waals surface area contributed by atoms with Gasteiger partial charge in [0.1, 0.15) is 36.4 Å². The van der Waals surface area contributed by atoms with Crippen LogP contribution in [0.5, 0.6) is 0 Å². The number of ketones is 1. The van der Waals surface area contributed by atoms with Crippen LogP contribution >= 0.6 is 0 Å². The number of hydrogen-bond donors (Lipinski definition) is 4. The maximum atomic E-state index is 13.3. The lowest BCUT2D eigenvalue weighted by Gasteiger charge is -2.26. The topological polar surface area (TPSA) is 195 Å². The van der Waals surface area contributed by atoms with Gasteiger partial charge in [-0.3, -0.25) is 24.0 Å². The van der Waals surface area contributed by atoms with Crippen molar-refractivity contribution in [3.05, 3.63) is 71.8 Å². The van der Waals surface area contributed by atoms with Crippen LogP contribution in [-0.4, -0.2) is 77.9 Å². The first kappa shape index (κ1) is 41.9. The number of alkyl carbamates (subject to hydrolysis) is 1. The lowest BCUT2D eigenvalue weighted by Crippen LogP contribution is -2.57. The number of nitrogens with one attached hydrogen (secondary N) is 4. The van der Waals surface area contributed by atoms with Gasteiger partial charge in [0, 0.05) is 12.0 Å². The summed E-state index contributed by atoms with van der Waals surface area (Å²) in [4.78, 5) is 89.5. The average molecular weight is 711 g/mol. The highest BCUT2D eigenvalue weighted by molar-refractivity contribution is 5.98. The third kappa shape index (κ3) is 16.3. The third-order valence-corrected chi connectivity index (χ3v) is 7.13. The van der Waals surface area contributed by atoms with E-state index in [1.807, 2.05) is 19.9 Å². The molecular formula is C37H50N4O10. The van der Waals surface area contributed by atoms with Gasteiger partial charge in [-0.2, -0.15) is 0 Å². The Labute approximate surface area is 298 Å². The summed E-state index contributed by atoms with van der Waals surface area (Å²) in [6.07, 6.45) is -1.08. The van der Waals surface area contributed by atoms with Gasteiger partial charge < -0.3 is 35.5 Å². The number of benzene rings is 2. The molecule has 0 heterocycles. The Morgan fingerprint density at radius 3 is 1.82 bits per heavy atom. The van der Waals surface area contributed by atoms with Gasteiger partial charge in [0.15, 0.2) is 12.4 Å².